The second kappa shape index (κ2) is 2.21. The third-order valence-corrected chi connectivity index (χ3v) is 3.30. The van der Waals surface area contributed by atoms with Crippen molar-refractivity contribution in [2.24, 2.45) is 23.5 Å². The summed E-state index contributed by atoms with van der Waals surface area (Å²) in [5.41, 5.74) is 5.85. The molecule has 0 aliphatic heterocycles. The lowest BCUT2D eigenvalue weighted by Gasteiger charge is -2.16. The predicted octanol–water partition coefficient (Wildman–Crippen LogP) is 0.444. The minimum Gasteiger partial charge on any atom is -0.481 e. The van der Waals surface area contributed by atoms with Crippen molar-refractivity contribution in [3.63, 3.8) is 0 Å². The van der Waals surface area contributed by atoms with E-state index in [2.05, 4.69) is 0 Å². The molecule has 3 heteroatoms. The molecule has 2 aliphatic carbocycles. The first-order valence-corrected chi connectivity index (χ1v) is 4.18. The minimum atomic E-state index is -0.646. The third kappa shape index (κ3) is 0.872. The minimum absolute atomic E-state index is 0.135. The van der Waals surface area contributed by atoms with Gasteiger partial charge >= 0.3 is 5.97 Å². The van der Waals surface area contributed by atoms with Crippen LogP contribution in [0.4, 0.5) is 0 Å². The van der Waals surface area contributed by atoms with Crippen molar-refractivity contribution in [1.82, 2.24) is 0 Å². The molecule has 4 atom stereocenters. The molecule has 62 valence electrons. The molecule has 0 saturated heterocycles. The topological polar surface area (TPSA) is 63.3 Å². The summed E-state index contributed by atoms with van der Waals surface area (Å²) in [6.45, 7) is 0. The Morgan fingerprint density at radius 3 is 2.45 bits per heavy atom. The molecule has 2 rings (SSSR count). The van der Waals surface area contributed by atoms with Gasteiger partial charge in [-0.3, -0.25) is 4.79 Å². The van der Waals surface area contributed by atoms with Crippen LogP contribution in [0, 0.1) is 17.8 Å². The Kier molecular flexibility index (Phi) is 1.42. The first-order valence-electron chi connectivity index (χ1n) is 4.18. The molecule has 2 fully saturated rings. The zero-order valence-corrected chi connectivity index (χ0v) is 6.36. The Labute approximate surface area is 65.6 Å². The quantitative estimate of drug-likeness (QED) is 0.577. The molecular formula is C8H13NO2. The lowest BCUT2D eigenvalue weighted by molar-refractivity contribution is -0.143. The van der Waals surface area contributed by atoms with Crippen LogP contribution >= 0.6 is 0 Å². The van der Waals surface area contributed by atoms with Crippen LogP contribution < -0.4 is 5.73 Å². The fourth-order valence-electron chi connectivity index (χ4n) is 2.67. The van der Waals surface area contributed by atoms with E-state index in [0.717, 1.165) is 19.3 Å². The Bertz CT molecular complexity index is 193. The predicted molar refractivity (Wildman–Crippen MR) is 39.9 cm³/mol. The highest BCUT2D eigenvalue weighted by molar-refractivity contribution is 5.71. The van der Waals surface area contributed by atoms with Gasteiger partial charge in [-0.25, -0.2) is 0 Å². The summed E-state index contributed by atoms with van der Waals surface area (Å²) in [6.07, 6.45) is 3.00. The number of carboxylic acid groups (broad SMARTS) is 1. The summed E-state index contributed by atoms with van der Waals surface area (Å²) in [6, 6.07) is 0.177. The molecule has 0 spiro atoms. The van der Waals surface area contributed by atoms with Crippen LogP contribution in [-0.2, 0) is 4.79 Å². The van der Waals surface area contributed by atoms with Crippen LogP contribution in [0.5, 0.6) is 0 Å². The normalized spacial score (nSPS) is 48.1. The maximum atomic E-state index is 10.7. The molecule has 3 nitrogen and oxygen atoms in total. The zero-order chi connectivity index (χ0) is 8.01. The third-order valence-electron chi connectivity index (χ3n) is 3.30. The average molecular weight is 155 g/mol. The van der Waals surface area contributed by atoms with Gasteiger partial charge < -0.3 is 10.8 Å². The summed E-state index contributed by atoms with van der Waals surface area (Å²) in [5, 5.41) is 8.80. The number of hydrogen-bond acceptors (Lipinski definition) is 2. The monoisotopic (exact) mass is 155 g/mol. The van der Waals surface area contributed by atoms with E-state index in [4.69, 9.17) is 10.8 Å². The van der Waals surface area contributed by atoms with Gasteiger partial charge in [-0.2, -0.15) is 0 Å². The van der Waals surface area contributed by atoms with Crippen LogP contribution in [0.3, 0.4) is 0 Å². The molecule has 4 unspecified atom stereocenters. The molecule has 0 aromatic heterocycles. The zero-order valence-electron chi connectivity index (χ0n) is 6.36. The Hall–Kier alpha value is -0.570. The highest BCUT2D eigenvalue weighted by atomic mass is 16.4. The van der Waals surface area contributed by atoms with Crippen molar-refractivity contribution < 1.29 is 9.90 Å². The van der Waals surface area contributed by atoms with Gasteiger partial charge in [0.2, 0.25) is 0 Å². The van der Waals surface area contributed by atoms with Gasteiger partial charge in [0.15, 0.2) is 0 Å². The van der Waals surface area contributed by atoms with Gasteiger partial charge in [-0.05, 0) is 31.1 Å². The smallest absolute Gasteiger partial charge is 0.306 e. The van der Waals surface area contributed by atoms with E-state index in [-0.39, 0.29) is 17.9 Å². The first-order chi connectivity index (χ1) is 5.20. The molecular weight excluding hydrogens is 142 g/mol. The van der Waals surface area contributed by atoms with E-state index in [1.165, 1.54) is 0 Å². The molecule has 0 aromatic rings. The van der Waals surface area contributed by atoms with Crippen LogP contribution in [0.25, 0.3) is 0 Å². The highest BCUT2D eigenvalue weighted by Crippen LogP contribution is 2.47. The molecule has 3 N–H and O–H groups in total. The van der Waals surface area contributed by atoms with E-state index in [9.17, 15) is 4.79 Å². The van der Waals surface area contributed by atoms with E-state index in [0.29, 0.717) is 5.92 Å². The van der Waals surface area contributed by atoms with Crippen molar-refractivity contribution in [2.75, 3.05) is 0 Å². The number of aliphatic carboxylic acids is 1. The van der Waals surface area contributed by atoms with Crippen molar-refractivity contribution in [3.8, 4) is 0 Å². The molecule has 0 aromatic carbocycles. The largest absolute Gasteiger partial charge is 0.481 e. The SMILES string of the molecule is NC1C2CCC1C(C(=O)O)C2. The van der Waals surface area contributed by atoms with Crippen molar-refractivity contribution >= 4 is 5.97 Å². The average Bonchev–Trinajstić information content (AvgIpc) is 2.46. The summed E-state index contributed by atoms with van der Waals surface area (Å²) in [7, 11) is 0. The van der Waals surface area contributed by atoms with Crippen molar-refractivity contribution in [1.29, 1.82) is 0 Å². The van der Waals surface area contributed by atoms with Crippen molar-refractivity contribution in [3.05, 3.63) is 0 Å². The van der Waals surface area contributed by atoms with E-state index in [1.54, 1.807) is 0 Å². The van der Waals surface area contributed by atoms with Gasteiger partial charge in [-0.1, -0.05) is 0 Å². The summed E-state index contributed by atoms with van der Waals surface area (Å²) >= 11 is 0. The van der Waals surface area contributed by atoms with Crippen LogP contribution in [0.2, 0.25) is 0 Å². The molecule has 11 heavy (non-hydrogen) atoms. The fourth-order valence-corrected chi connectivity index (χ4v) is 2.67. The lowest BCUT2D eigenvalue weighted by atomic mass is 9.89. The number of hydrogen-bond donors (Lipinski definition) is 2. The van der Waals surface area contributed by atoms with Gasteiger partial charge in [0.25, 0.3) is 0 Å². The fraction of sp³-hybridized carbons (Fsp3) is 0.875. The van der Waals surface area contributed by atoms with Crippen LogP contribution in [0.1, 0.15) is 19.3 Å². The van der Waals surface area contributed by atoms with Gasteiger partial charge in [-0.15, -0.1) is 0 Å². The Balaban J connectivity index is 2.14. The maximum Gasteiger partial charge on any atom is 0.306 e. The molecule has 0 radical (unpaired) electrons. The first kappa shape index (κ1) is 7.10. The van der Waals surface area contributed by atoms with Gasteiger partial charge in [0.05, 0.1) is 5.92 Å². The highest BCUT2D eigenvalue weighted by Gasteiger charge is 2.48. The summed E-state index contributed by atoms with van der Waals surface area (Å²) in [5.74, 6) is -0.00463. The second-order valence-electron chi connectivity index (χ2n) is 3.76. The molecule has 2 bridgehead atoms. The summed E-state index contributed by atoms with van der Waals surface area (Å²) in [4.78, 5) is 10.7. The van der Waals surface area contributed by atoms with E-state index < -0.39 is 5.97 Å². The number of nitrogens with two attached hydrogens (primary N) is 1. The van der Waals surface area contributed by atoms with Crippen LogP contribution in [0.15, 0.2) is 0 Å². The van der Waals surface area contributed by atoms with E-state index >= 15 is 0 Å². The number of fused-ring (bicyclic) bond motifs is 2. The Morgan fingerprint density at radius 1 is 1.45 bits per heavy atom. The molecule has 2 saturated carbocycles. The van der Waals surface area contributed by atoms with Gasteiger partial charge in [0.1, 0.15) is 0 Å². The summed E-state index contributed by atoms with van der Waals surface area (Å²) < 4.78 is 0. The number of rotatable bonds is 1. The molecule has 0 amide bonds. The maximum absolute atomic E-state index is 10.7. The van der Waals surface area contributed by atoms with Gasteiger partial charge in [0, 0.05) is 6.04 Å². The molecule has 2 aliphatic rings. The number of carboxylic acids is 1. The lowest BCUT2D eigenvalue weighted by Crippen LogP contribution is -2.28. The number of carbonyl (C=O) groups is 1. The molecule has 0 heterocycles. The van der Waals surface area contributed by atoms with Crippen LogP contribution in [-0.4, -0.2) is 17.1 Å². The van der Waals surface area contributed by atoms with Crippen molar-refractivity contribution in [2.45, 2.75) is 25.3 Å². The standard InChI is InChI=1S/C8H13NO2/c9-7-4-1-2-5(7)6(3-4)8(10)11/h4-7H,1-3,9H2,(H,10,11). The second-order valence-corrected chi connectivity index (χ2v) is 3.76. The van der Waals surface area contributed by atoms with E-state index in [1.807, 2.05) is 0 Å². The Morgan fingerprint density at radius 2 is 2.18 bits per heavy atom.